The third kappa shape index (κ3) is 2.64. The van der Waals surface area contributed by atoms with Gasteiger partial charge in [0, 0.05) is 5.56 Å². The van der Waals surface area contributed by atoms with Crippen molar-refractivity contribution in [3.8, 4) is 0 Å². The van der Waals surface area contributed by atoms with Crippen LogP contribution in [0.3, 0.4) is 0 Å². The number of nitrogens with two attached hydrogens (primary N) is 1. The predicted octanol–water partition coefficient (Wildman–Crippen LogP) is 2.52. The van der Waals surface area contributed by atoms with Crippen LogP contribution in [-0.4, -0.2) is 11.8 Å². The molecule has 0 aliphatic rings. The highest BCUT2D eigenvalue weighted by molar-refractivity contribution is 7.12. The van der Waals surface area contributed by atoms with E-state index < -0.39 is 34.8 Å². The molecule has 2 rings (SSSR count). The number of carbonyl (C=O) groups excluding carboxylic acids is 2. The van der Waals surface area contributed by atoms with Crippen molar-refractivity contribution in [3.05, 3.63) is 51.5 Å². The Labute approximate surface area is 115 Å². The molecule has 0 spiro atoms. The first-order chi connectivity index (χ1) is 9.40. The van der Waals surface area contributed by atoms with E-state index in [9.17, 15) is 22.8 Å². The molecule has 3 N–H and O–H groups in total. The zero-order chi connectivity index (χ0) is 14.9. The lowest BCUT2D eigenvalue weighted by atomic mass is 10.2. The van der Waals surface area contributed by atoms with Crippen LogP contribution in [0.4, 0.5) is 18.9 Å². The van der Waals surface area contributed by atoms with Crippen molar-refractivity contribution in [3.63, 3.8) is 0 Å². The van der Waals surface area contributed by atoms with Gasteiger partial charge in [-0.15, -0.1) is 11.3 Å². The second-order valence-corrected chi connectivity index (χ2v) is 4.65. The maximum absolute atomic E-state index is 13.0. The highest BCUT2D eigenvalue weighted by atomic mass is 32.1. The van der Waals surface area contributed by atoms with E-state index >= 15 is 0 Å². The molecule has 0 aliphatic heterocycles. The third-order valence-corrected chi connectivity index (χ3v) is 3.31. The Bertz CT molecular complexity index is 677. The molecule has 0 saturated heterocycles. The summed E-state index contributed by atoms with van der Waals surface area (Å²) in [7, 11) is 0. The van der Waals surface area contributed by atoms with Crippen LogP contribution in [-0.2, 0) is 0 Å². The molecule has 8 heteroatoms. The zero-order valence-electron chi connectivity index (χ0n) is 9.75. The zero-order valence-corrected chi connectivity index (χ0v) is 10.6. The quantitative estimate of drug-likeness (QED) is 0.855. The van der Waals surface area contributed by atoms with Gasteiger partial charge in [-0.25, -0.2) is 13.2 Å². The Morgan fingerprint density at radius 2 is 1.75 bits per heavy atom. The van der Waals surface area contributed by atoms with E-state index in [0.29, 0.717) is 12.1 Å². The van der Waals surface area contributed by atoms with Crippen molar-refractivity contribution >= 4 is 28.8 Å². The maximum Gasteiger partial charge on any atom is 0.260 e. The lowest BCUT2D eigenvalue weighted by Gasteiger charge is -2.06. The summed E-state index contributed by atoms with van der Waals surface area (Å²) < 4.78 is 38.8. The molecule has 0 unspecified atom stereocenters. The summed E-state index contributed by atoms with van der Waals surface area (Å²) in [5.41, 5.74) is 4.80. The minimum absolute atomic E-state index is 0.0985. The molecule has 0 bridgehead atoms. The summed E-state index contributed by atoms with van der Waals surface area (Å²) >= 11 is 1.01. The summed E-state index contributed by atoms with van der Waals surface area (Å²) in [6.07, 6.45) is 0. The maximum atomic E-state index is 13.0. The first kappa shape index (κ1) is 14.1. The minimum atomic E-state index is -1.66. The van der Waals surface area contributed by atoms with Gasteiger partial charge in [0.25, 0.3) is 11.8 Å². The highest BCUT2D eigenvalue weighted by Gasteiger charge is 2.17. The van der Waals surface area contributed by atoms with Crippen LogP contribution >= 0.6 is 11.3 Å². The number of hydrogen-bond donors (Lipinski definition) is 2. The molecule has 1 aromatic carbocycles. The number of anilines is 1. The number of benzene rings is 1. The summed E-state index contributed by atoms with van der Waals surface area (Å²) in [6.45, 7) is 0. The van der Waals surface area contributed by atoms with Crippen molar-refractivity contribution in [2.24, 2.45) is 5.73 Å². The standard InChI is InChI=1S/C12H7F3N2O2S/c13-6-3-5(4-7(14)9(6)15)12(19)17-8-1-2-20-10(8)11(16)18/h1-4H,(H2,16,18)(H,17,19). The first-order valence-electron chi connectivity index (χ1n) is 5.23. The molecule has 0 atom stereocenters. The van der Waals surface area contributed by atoms with Crippen LogP contribution in [0, 0.1) is 17.5 Å². The van der Waals surface area contributed by atoms with Crippen LogP contribution in [0.1, 0.15) is 20.0 Å². The van der Waals surface area contributed by atoms with Gasteiger partial charge in [0.1, 0.15) is 4.88 Å². The van der Waals surface area contributed by atoms with Gasteiger partial charge >= 0.3 is 0 Å². The molecule has 4 nitrogen and oxygen atoms in total. The van der Waals surface area contributed by atoms with Crippen LogP contribution in [0.25, 0.3) is 0 Å². The molecule has 0 fully saturated rings. The molecule has 2 aromatic rings. The van der Waals surface area contributed by atoms with E-state index in [4.69, 9.17) is 5.73 Å². The Kier molecular flexibility index (Phi) is 3.75. The van der Waals surface area contributed by atoms with Gasteiger partial charge in [0.15, 0.2) is 17.5 Å². The molecule has 20 heavy (non-hydrogen) atoms. The van der Waals surface area contributed by atoms with Gasteiger partial charge in [-0.2, -0.15) is 0 Å². The van der Waals surface area contributed by atoms with Crippen LogP contribution in [0.5, 0.6) is 0 Å². The van der Waals surface area contributed by atoms with Gasteiger partial charge in [-0.3, -0.25) is 9.59 Å². The van der Waals surface area contributed by atoms with Crippen molar-refractivity contribution < 1.29 is 22.8 Å². The Morgan fingerprint density at radius 3 is 2.30 bits per heavy atom. The Balaban J connectivity index is 2.29. The Morgan fingerprint density at radius 1 is 1.15 bits per heavy atom. The Hall–Kier alpha value is -2.35. The third-order valence-electron chi connectivity index (χ3n) is 2.38. The number of carbonyl (C=O) groups is 2. The van der Waals surface area contributed by atoms with E-state index in [1.54, 1.807) is 0 Å². The normalized spacial score (nSPS) is 10.3. The van der Waals surface area contributed by atoms with E-state index in [1.807, 2.05) is 0 Å². The van der Waals surface area contributed by atoms with Gasteiger partial charge in [0.2, 0.25) is 0 Å². The summed E-state index contributed by atoms with van der Waals surface area (Å²) in [4.78, 5) is 23.0. The molecular formula is C12H7F3N2O2S. The molecule has 1 heterocycles. The molecule has 1 aromatic heterocycles. The second-order valence-electron chi connectivity index (χ2n) is 3.74. The largest absolute Gasteiger partial charge is 0.365 e. The topological polar surface area (TPSA) is 72.2 Å². The average Bonchev–Trinajstić information content (AvgIpc) is 2.83. The van der Waals surface area contributed by atoms with E-state index in [2.05, 4.69) is 5.32 Å². The summed E-state index contributed by atoms with van der Waals surface area (Å²) in [5, 5.41) is 3.79. The van der Waals surface area contributed by atoms with Crippen molar-refractivity contribution in [1.82, 2.24) is 0 Å². The highest BCUT2D eigenvalue weighted by Crippen LogP contribution is 2.23. The van der Waals surface area contributed by atoms with Crippen molar-refractivity contribution in [1.29, 1.82) is 0 Å². The van der Waals surface area contributed by atoms with Gasteiger partial charge in [-0.1, -0.05) is 0 Å². The number of primary amides is 1. The summed E-state index contributed by atoms with van der Waals surface area (Å²) in [6, 6.07) is 2.53. The molecule has 104 valence electrons. The first-order valence-corrected chi connectivity index (χ1v) is 6.11. The SMILES string of the molecule is NC(=O)c1sccc1NC(=O)c1cc(F)c(F)c(F)c1. The monoisotopic (exact) mass is 300 g/mol. The predicted molar refractivity (Wildman–Crippen MR) is 67.1 cm³/mol. The fraction of sp³-hybridized carbons (Fsp3) is 0. The number of thiophene rings is 1. The fourth-order valence-electron chi connectivity index (χ4n) is 1.48. The van der Waals surface area contributed by atoms with E-state index in [-0.39, 0.29) is 10.6 Å². The number of amides is 2. The molecule has 0 aliphatic carbocycles. The molecule has 0 saturated carbocycles. The van der Waals surface area contributed by atoms with Crippen LogP contribution < -0.4 is 11.1 Å². The molecule has 2 amide bonds. The average molecular weight is 300 g/mol. The molecule has 0 radical (unpaired) electrons. The number of nitrogens with one attached hydrogen (secondary N) is 1. The van der Waals surface area contributed by atoms with Crippen LogP contribution in [0.2, 0.25) is 0 Å². The number of hydrogen-bond acceptors (Lipinski definition) is 3. The van der Waals surface area contributed by atoms with Crippen molar-refractivity contribution in [2.45, 2.75) is 0 Å². The molecular weight excluding hydrogens is 293 g/mol. The fourth-order valence-corrected chi connectivity index (χ4v) is 2.18. The van der Waals surface area contributed by atoms with E-state index in [0.717, 1.165) is 11.3 Å². The van der Waals surface area contributed by atoms with Crippen LogP contribution in [0.15, 0.2) is 23.6 Å². The smallest absolute Gasteiger partial charge is 0.260 e. The lowest BCUT2D eigenvalue weighted by Crippen LogP contribution is -2.17. The number of rotatable bonds is 3. The van der Waals surface area contributed by atoms with Gasteiger partial charge in [0.05, 0.1) is 5.69 Å². The number of halogens is 3. The second kappa shape index (κ2) is 5.33. The van der Waals surface area contributed by atoms with Gasteiger partial charge in [-0.05, 0) is 23.6 Å². The van der Waals surface area contributed by atoms with E-state index in [1.165, 1.54) is 11.4 Å². The lowest BCUT2D eigenvalue weighted by molar-refractivity contribution is 0.100. The minimum Gasteiger partial charge on any atom is -0.365 e. The summed E-state index contributed by atoms with van der Waals surface area (Å²) in [5.74, 6) is -6.24. The van der Waals surface area contributed by atoms with Gasteiger partial charge < -0.3 is 11.1 Å². The van der Waals surface area contributed by atoms with Crippen molar-refractivity contribution in [2.75, 3.05) is 5.32 Å².